The van der Waals surface area contributed by atoms with Crippen LogP contribution < -0.4 is 5.73 Å². The summed E-state index contributed by atoms with van der Waals surface area (Å²) in [6, 6.07) is 4.84. The van der Waals surface area contributed by atoms with Crippen LogP contribution in [0, 0.1) is 0 Å². The van der Waals surface area contributed by atoms with Crippen molar-refractivity contribution in [2.45, 2.75) is 19.8 Å². The predicted octanol–water partition coefficient (Wildman–Crippen LogP) is 2.10. The molecule has 16 heavy (non-hydrogen) atoms. The number of primary amides is 1. The zero-order valence-electron chi connectivity index (χ0n) is 9.24. The van der Waals surface area contributed by atoms with Gasteiger partial charge in [-0.2, -0.15) is 0 Å². The van der Waals surface area contributed by atoms with E-state index in [2.05, 4.69) is 4.98 Å². The Kier molecular flexibility index (Phi) is 2.34. The number of carbonyl (C=O) groups is 1. The average molecular weight is 218 g/mol. The number of aromatic hydroxyl groups is 1. The first-order valence-corrected chi connectivity index (χ1v) is 5.15. The van der Waals surface area contributed by atoms with Crippen LogP contribution >= 0.6 is 0 Å². The van der Waals surface area contributed by atoms with Crippen LogP contribution in [0.5, 0.6) is 5.75 Å². The zero-order chi connectivity index (χ0) is 11.9. The van der Waals surface area contributed by atoms with Crippen LogP contribution in [-0.2, 0) is 0 Å². The van der Waals surface area contributed by atoms with Gasteiger partial charge in [0.2, 0.25) is 0 Å². The van der Waals surface area contributed by atoms with Crippen molar-refractivity contribution in [1.29, 1.82) is 0 Å². The fourth-order valence-corrected chi connectivity index (χ4v) is 1.90. The minimum atomic E-state index is -0.444. The largest absolute Gasteiger partial charge is 0.508 e. The Balaban J connectivity index is 2.81. The molecule has 0 aliphatic rings. The van der Waals surface area contributed by atoms with E-state index in [4.69, 9.17) is 5.73 Å². The van der Waals surface area contributed by atoms with E-state index in [1.165, 1.54) is 0 Å². The third kappa shape index (κ3) is 1.52. The molecule has 1 heterocycles. The lowest BCUT2D eigenvalue weighted by molar-refractivity contribution is 0.100. The molecular weight excluding hydrogens is 204 g/mol. The molecule has 4 heteroatoms. The van der Waals surface area contributed by atoms with E-state index in [1.807, 2.05) is 13.8 Å². The quantitative estimate of drug-likeness (QED) is 0.721. The summed E-state index contributed by atoms with van der Waals surface area (Å²) < 4.78 is 0. The van der Waals surface area contributed by atoms with Gasteiger partial charge in [-0.05, 0) is 18.1 Å². The number of H-pyrrole nitrogens is 1. The maximum absolute atomic E-state index is 11.4. The number of rotatable bonds is 2. The van der Waals surface area contributed by atoms with E-state index >= 15 is 0 Å². The van der Waals surface area contributed by atoms with Crippen LogP contribution in [0.25, 0.3) is 10.9 Å². The topological polar surface area (TPSA) is 79.1 Å². The SMILES string of the molecule is CC(C)c1[nH]c2cc(O)ccc2c1C(N)=O. The molecule has 0 atom stereocenters. The van der Waals surface area contributed by atoms with Gasteiger partial charge in [0.25, 0.3) is 5.91 Å². The van der Waals surface area contributed by atoms with Crippen LogP contribution in [0.15, 0.2) is 18.2 Å². The Bertz CT molecular complexity index is 555. The van der Waals surface area contributed by atoms with E-state index in [9.17, 15) is 9.90 Å². The third-order valence-corrected chi connectivity index (χ3v) is 2.63. The lowest BCUT2D eigenvalue weighted by Crippen LogP contribution is -2.13. The van der Waals surface area contributed by atoms with Crippen molar-refractivity contribution in [3.05, 3.63) is 29.5 Å². The number of fused-ring (bicyclic) bond motifs is 1. The summed E-state index contributed by atoms with van der Waals surface area (Å²) in [7, 11) is 0. The number of aromatic amines is 1. The second-order valence-electron chi connectivity index (χ2n) is 4.16. The standard InChI is InChI=1S/C12H14N2O2/c1-6(2)11-10(12(13)16)8-4-3-7(15)5-9(8)14-11/h3-6,14-15H,1-2H3,(H2,13,16). The Morgan fingerprint density at radius 3 is 2.69 bits per heavy atom. The first-order valence-electron chi connectivity index (χ1n) is 5.15. The van der Waals surface area contributed by atoms with Gasteiger partial charge >= 0.3 is 0 Å². The maximum Gasteiger partial charge on any atom is 0.251 e. The Labute approximate surface area is 93.1 Å². The molecule has 4 N–H and O–H groups in total. The van der Waals surface area contributed by atoms with Crippen molar-refractivity contribution < 1.29 is 9.90 Å². The number of nitrogens with two attached hydrogens (primary N) is 1. The summed E-state index contributed by atoms with van der Waals surface area (Å²) in [5, 5.41) is 10.1. The molecule has 0 spiro atoms. The molecule has 0 aliphatic heterocycles. The fourth-order valence-electron chi connectivity index (χ4n) is 1.90. The lowest BCUT2D eigenvalue weighted by atomic mass is 10.0. The molecular formula is C12H14N2O2. The number of phenolic OH excluding ortho intramolecular Hbond substituents is 1. The maximum atomic E-state index is 11.4. The number of amides is 1. The van der Waals surface area contributed by atoms with Gasteiger partial charge in [0.1, 0.15) is 5.75 Å². The third-order valence-electron chi connectivity index (χ3n) is 2.63. The second kappa shape index (κ2) is 3.56. The van der Waals surface area contributed by atoms with Gasteiger partial charge in [0, 0.05) is 17.1 Å². The summed E-state index contributed by atoms with van der Waals surface area (Å²) in [5.74, 6) is -0.0993. The number of carbonyl (C=O) groups excluding carboxylic acids is 1. The molecule has 1 amide bonds. The highest BCUT2D eigenvalue weighted by molar-refractivity contribution is 6.07. The van der Waals surface area contributed by atoms with Crippen molar-refractivity contribution in [1.82, 2.24) is 4.98 Å². The van der Waals surface area contributed by atoms with Crippen molar-refractivity contribution in [3.63, 3.8) is 0 Å². The lowest BCUT2D eigenvalue weighted by Gasteiger charge is -2.03. The van der Waals surface area contributed by atoms with Crippen LogP contribution in [0.4, 0.5) is 0 Å². The second-order valence-corrected chi connectivity index (χ2v) is 4.16. The first kappa shape index (κ1) is 10.5. The van der Waals surface area contributed by atoms with Crippen molar-refractivity contribution in [2.24, 2.45) is 5.73 Å². The van der Waals surface area contributed by atoms with Gasteiger partial charge in [-0.3, -0.25) is 4.79 Å². The molecule has 0 unspecified atom stereocenters. The molecule has 2 rings (SSSR count). The Morgan fingerprint density at radius 2 is 2.12 bits per heavy atom. The van der Waals surface area contributed by atoms with E-state index in [0.29, 0.717) is 5.56 Å². The summed E-state index contributed by atoms with van der Waals surface area (Å²) in [6.45, 7) is 3.97. The van der Waals surface area contributed by atoms with Gasteiger partial charge in [-0.25, -0.2) is 0 Å². The fraction of sp³-hybridized carbons (Fsp3) is 0.250. The van der Waals surface area contributed by atoms with Crippen LogP contribution in [0.3, 0.4) is 0 Å². The average Bonchev–Trinajstić information content (AvgIpc) is 2.55. The summed E-state index contributed by atoms with van der Waals surface area (Å²) in [5.41, 5.74) is 7.44. The number of nitrogens with one attached hydrogen (secondary N) is 1. The molecule has 2 aromatic rings. The summed E-state index contributed by atoms with van der Waals surface area (Å²) >= 11 is 0. The number of aromatic nitrogens is 1. The summed E-state index contributed by atoms with van der Waals surface area (Å²) in [4.78, 5) is 14.6. The number of hydrogen-bond acceptors (Lipinski definition) is 2. The first-order chi connectivity index (χ1) is 7.50. The van der Waals surface area contributed by atoms with E-state index < -0.39 is 5.91 Å². The molecule has 84 valence electrons. The minimum absolute atomic E-state index is 0.167. The normalized spacial score (nSPS) is 11.2. The van der Waals surface area contributed by atoms with E-state index in [-0.39, 0.29) is 11.7 Å². The molecule has 0 saturated carbocycles. The van der Waals surface area contributed by atoms with Crippen LogP contribution in [0.2, 0.25) is 0 Å². The Hall–Kier alpha value is -1.97. The highest BCUT2D eigenvalue weighted by Crippen LogP contribution is 2.29. The van der Waals surface area contributed by atoms with Gasteiger partial charge in [-0.15, -0.1) is 0 Å². The molecule has 0 fully saturated rings. The van der Waals surface area contributed by atoms with Gasteiger partial charge in [0.15, 0.2) is 0 Å². The molecule has 0 radical (unpaired) electrons. The number of benzene rings is 1. The van der Waals surface area contributed by atoms with Gasteiger partial charge < -0.3 is 15.8 Å². The highest BCUT2D eigenvalue weighted by atomic mass is 16.3. The molecule has 0 aliphatic carbocycles. The molecule has 0 saturated heterocycles. The van der Waals surface area contributed by atoms with Crippen LogP contribution in [-0.4, -0.2) is 16.0 Å². The van der Waals surface area contributed by atoms with Crippen molar-refractivity contribution >= 4 is 16.8 Å². The smallest absolute Gasteiger partial charge is 0.251 e. The van der Waals surface area contributed by atoms with E-state index in [0.717, 1.165) is 16.6 Å². The predicted molar refractivity (Wildman–Crippen MR) is 62.6 cm³/mol. The van der Waals surface area contributed by atoms with Crippen molar-refractivity contribution in [3.8, 4) is 5.75 Å². The molecule has 1 aromatic carbocycles. The van der Waals surface area contributed by atoms with Gasteiger partial charge in [-0.1, -0.05) is 13.8 Å². The molecule has 0 bridgehead atoms. The van der Waals surface area contributed by atoms with Gasteiger partial charge in [0.05, 0.1) is 11.1 Å². The number of phenols is 1. The number of hydrogen-bond donors (Lipinski definition) is 3. The minimum Gasteiger partial charge on any atom is -0.508 e. The van der Waals surface area contributed by atoms with Crippen LogP contribution in [0.1, 0.15) is 35.8 Å². The zero-order valence-corrected chi connectivity index (χ0v) is 9.24. The monoisotopic (exact) mass is 218 g/mol. The highest BCUT2D eigenvalue weighted by Gasteiger charge is 2.18. The molecule has 1 aromatic heterocycles. The van der Waals surface area contributed by atoms with Crippen molar-refractivity contribution in [2.75, 3.05) is 0 Å². The van der Waals surface area contributed by atoms with E-state index in [1.54, 1.807) is 18.2 Å². The molecule has 4 nitrogen and oxygen atoms in total. The Morgan fingerprint density at radius 1 is 1.44 bits per heavy atom. The summed E-state index contributed by atoms with van der Waals surface area (Å²) in [6.07, 6.45) is 0.